The van der Waals surface area contributed by atoms with Crippen molar-refractivity contribution in [2.75, 3.05) is 26.3 Å². The van der Waals surface area contributed by atoms with Crippen LogP contribution in [0.25, 0.3) is 0 Å². The molecular formula is C7H16N4. The first kappa shape index (κ1) is 8.49. The number of hydrogen-bond acceptors (Lipinski definition) is 3. The molecule has 1 aliphatic rings. The van der Waals surface area contributed by atoms with Crippen molar-refractivity contribution >= 4 is 5.84 Å². The zero-order valence-corrected chi connectivity index (χ0v) is 7.22. The van der Waals surface area contributed by atoms with E-state index in [2.05, 4.69) is 17.4 Å². The SMILES string of the molecule is CCN1CCN(C(C)=N)CN1. The molecule has 0 atom stereocenters. The first-order valence-corrected chi connectivity index (χ1v) is 4.02. The average molecular weight is 156 g/mol. The van der Waals surface area contributed by atoms with Gasteiger partial charge in [-0.05, 0) is 6.92 Å². The fourth-order valence-electron chi connectivity index (χ4n) is 1.14. The van der Waals surface area contributed by atoms with Gasteiger partial charge in [-0.1, -0.05) is 6.92 Å². The maximum atomic E-state index is 7.38. The minimum absolute atomic E-state index is 0.647. The van der Waals surface area contributed by atoms with Gasteiger partial charge in [0, 0.05) is 19.6 Å². The van der Waals surface area contributed by atoms with Gasteiger partial charge in [-0.2, -0.15) is 0 Å². The molecule has 1 aliphatic heterocycles. The van der Waals surface area contributed by atoms with Crippen LogP contribution in [-0.4, -0.2) is 42.0 Å². The van der Waals surface area contributed by atoms with E-state index in [9.17, 15) is 0 Å². The minimum Gasteiger partial charge on any atom is -0.345 e. The van der Waals surface area contributed by atoms with Crippen LogP contribution in [0.2, 0.25) is 0 Å². The molecule has 0 spiro atoms. The number of amidine groups is 1. The van der Waals surface area contributed by atoms with Crippen LogP contribution in [0.4, 0.5) is 0 Å². The highest BCUT2D eigenvalue weighted by Crippen LogP contribution is 1.96. The summed E-state index contributed by atoms with van der Waals surface area (Å²) in [6.07, 6.45) is 0. The molecule has 1 rings (SSSR count). The first-order chi connectivity index (χ1) is 5.24. The number of nitrogens with zero attached hydrogens (tertiary/aromatic N) is 2. The zero-order chi connectivity index (χ0) is 8.27. The maximum absolute atomic E-state index is 7.38. The van der Waals surface area contributed by atoms with Crippen molar-refractivity contribution in [3.8, 4) is 0 Å². The number of rotatable bonds is 1. The standard InChI is InChI=1S/C7H16N4/c1-3-11-5-4-10(6-9-11)7(2)8/h8-9H,3-6H2,1-2H3. The van der Waals surface area contributed by atoms with E-state index in [1.54, 1.807) is 0 Å². The van der Waals surface area contributed by atoms with E-state index in [4.69, 9.17) is 5.41 Å². The van der Waals surface area contributed by atoms with Crippen LogP contribution in [0.15, 0.2) is 0 Å². The summed E-state index contributed by atoms with van der Waals surface area (Å²) in [5.41, 5.74) is 3.22. The summed E-state index contributed by atoms with van der Waals surface area (Å²) in [4.78, 5) is 2.02. The summed E-state index contributed by atoms with van der Waals surface area (Å²) in [5, 5.41) is 9.55. The fraction of sp³-hybridized carbons (Fsp3) is 0.857. The van der Waals surface area contributed by atoms with Crippen LogP contribution < -0.4 is 5.43 Å². The Morgan fingerprint density at radius 2 is 2.27 bits per heavy atom. The average Bonchev–Trinajstić information content (AvgIpc) is 2.05. The van der Waals surface area contributed by atoms with Gasteiger partial charge in [-0.3, -0.25) is 5.41 Å². The van der Waals surface area contributed by atoms with Crippen molar-refractivity contribution in [2.24, 2.45) is 0 Å². The van der Waals surface area contributed by atoms with Crippen molar-refractivity contribution in [3.05, 3.63) is 0 Å². The number of hydrogen-bond donors (Lipinski definition) is 2. The van der Waals surface area contributed by atoms with Crippen molar-refractivity contribution in [1.82, 2.24) is 15.3 Å². The molecule has 1 heterocycles. The van der Waals surface area contributed by atoms with Crippen LogP contribution in [-0.2, 0) is 0 Å². The molecule has 2 N–H and O–H groups in total. The molecule has 0 saturated carbocycles. The summed E-state index contributed by atoms with van der Waals surface area (Å²) >= 11 is 0. The Morgan fingerprint density at radius 1 is 1.55 bits per heavy atom. The molecule has 0 aromatic heterocycles. The number of nitrogens with one attached hydrogen (secondary N) is 2. The predicted octanol–water partition coefficient (Wildman–Crippen LogP) is 0.0832. The van der Waals surface area contributed by atoms with E-state index >= 15 is 0 Å². The second kappa shape index (κ2) is 3.69. The van der Waals surface area contributed by atoms with E-state index in [-0.39, 0.29) is 0 Å². The second-order valence-corrected chi connectivity index (χ2v) is 2.74. The first-order valence-electron chi connectivity index (χ1n) is 4.02. The van der Waals surface area contributed by atoms with Gasteiger partial charge < -0.3 is 4.90 Å². The van der Waals surface area contributed by atoms with Crippen LogP contribution in [0.5, 0.6) is 0 Å². The van der Waals surface area contributed by atoms with Gasteiger partial charge in [0.2, 0.25) is 0 Å². The second-order valence-electron chi connectivity index (χ2n) is 2.74. The molecule has 1 saturated heterocycles. The summed E-state index contributed by atoms with van der Waals surface area (Å²) in [5.74, 6) is 0.647. The van der Waals surface area contributed by atoms with E-state index in [1.165, 1.54) is 0 Å². The molecule has 0 unspecified atom stereocenters. The van der Waals surface area contributed by atoms with E-state index in [1.807, 2.05) is 11.8 Å². The summed E-state index contributed by atoms with van der Waals surface area (Å²) < 4.78 is 0. The molecule has 0 aromatic carbocycles. The molecule has 0 radical (unpaired) electrons. The van der Waals surface area contributed by atoms with Gasteiger partial charge in [-0.25, -0.2) is 10.4 Å². The predicted molar refractivity (Wildman–Crippen MR) is 45.4 cm³/mol. The Bertz CT molecular complexity index is 137. The Labute approximate surface area is 67.6 Å². The van der Waals surface area contributed by atoms with Crippen LogP contribution >= 0.6 is 0 Å². The normalized spacial score (nSPS) is 20.4. The molecule has 0 bridgehead atoms. The van der Waals surface area contributed by atoms with Crippen LogP contribution in [0.3, 0.4) is 0 Å². The molecule has 0 aliphatic carbocycles. The van der Waals surface area contributed by atoms with Gasteiger partial charge in [0.15, 0.2) is 0 Å². The van der Waals surface area contributed by atoms with Crippen molar-refractivity contribution in [2.45, 2.75) is 13.8 Å². The number of likely N-dealkylation sites (N-methyl/N-ethyl adjacent to an activating group) is 1. The van der Waals surface area contributed by atoms with Crippen molar-refractivity contribution in [3.63, 3.8) is 0 Å². The Balaban J connectivity index is 2.30. The fourth-order valence-corrected chi connectivity index (χ4v) is 1.14. The maximum Gasteiger partial charge on any atom is 0.0937 e. The lowest BCUT2D eigenvalue weighted by molar-refractivity contribution is 0.105. The highest BCUT2D eigenvalue weighted by molar-refractivity contribution is 5.76. The Kier molecular flexibility index (Phi) is 2.84. The van der Waals surface area contributed by atoms with Gasteiger partial charge >= 0.3 is 0 Å². The molecular weight excluding hydrogens is 140 g/mol. The summed E-state index contributed by atoms with van der Waals surface area (Å²) in [6.45, 7) is 7.74. The molecule has 0 aromatic rings. The Morgan fingerprint density at radius 3 is 2.64 bits per heavy atom. The lowest BCUT2D eigenvalue weighted by Gasteiger charge is -2.35. The van der Waals surface area contributed by atoms with Crippen molar-refractivity contribution < 1.29 is 0 Å². The van der Waals surface area contributed by atoms with E-state index in [0.29, 0.717) is 5.84 Å². The third-order valence-electron chi connectivity index (χ3n) is 1.98. The molecule has 64 valence electrons. The van der Waals surface area contributed by atoms with Crippen LogP contribution in [0.1, 0.15) is 13.8 Å². The molecule has 4 heteroatoms. The van der Waals surface area contributed by atoms with Gasteiger partial charge in [0.25, 0.3) is 0 Å². The highest BCUT2D eigenvalue weighted by Gasteiger charge is 2.13. The molecule has 0 amide bonds. The minimum atomic E-state index is 0.647. The van der Waals surface area contributed by atoms with E-state index in [0.717, 1.165) is 26.3 Å². The van der Waals surface area contributed by atoms with Gasteiger partial charge in [0.05, 0.1) is 12.5 Å². The molecule has 11 heavy (non-hydrogen) atoms. The van der Waals surface area contributed by atoms with Crippen LogP contribution in [0, 0.1) is 5.41 Å². The quantitative estimate of drug-likeness (QED) is 0.417. The monoisotopic (exact) mass is 156 g/mol. The Hall–Kier alpha value is -0.610. The topological polar surface area (TPSA) is 42.4 Å². The lowest BCUT2D eigenvalue weighted by atomic mass is 10.4. The summed E-state index contributed by atoms with van der Waals surface area (Å²) in [6, 6.07) is 0. The number of hydrazine groups is 1. The molecule has 1 fully saturated rings. The highest BCUT2D eigenvalue weighted by atomic mass is 15.6. The van der Waals surface area contributed by atoms with Crippen molar-refractivity contribution in [1.29, 1.82) is 5.41 Å². The molecule has 4 nitrogen and oxygen atoms in total. The zero-order valence-electron chi connectivity index (χ0n) is 7.22. The van der Waals surface area contributed by atoms with Gasteiger partial charge in [0.1, 0.15) is 0 Å². The smallest absolute Gasteiger partial charge is 0.0937 e. The summed E-state index contributed by atoms with van der Waals surface area (Å²) in [7, 11) is 0. The van der Waals surface area contributed by atoms with E-state index < -0.39 is 0 Å². The largest absolute Gasteiger partial charge is 0.345 e. The lowest BCUT2D eigenvalue weighted by Crippen LogP contribution is -2.55. The van der Waals surface area contributed by atoms with Gasteiger partial charge in [-0.15, -0.1) is 0 Å². The third kappa shape index (κ3) is 2.17. The third-order valence-corrected chi connectivity index (χ3v) is 1.98.